The fraction of sp³-hybridized carbons (Fsp3) is 0.455. The summed E-state index contributed by atoms with van der Waals surface area (Å²) in [5, 5.41) is 0. The first-order valence-electron chi connectivity index (χ1n) is 5.80. The number of benzene rings is 1. The van der Waals surface area contributed by atoms with Gasteiger partial charge in [0, 0.05) is 12.6 Å². The molecule has 0 heterocycles. The number of alkyl halides is 3. The van der Waals surface area contributed by atoms with Gasteiger partial charge in [0.05, 0.1) is 5.69 Å². The van der Waals surface area contributed by atoms with Crippen LogP contribution < -0.4 is 5.73 Å². The summed E-state index contributed by atoms with van der Waals surface area (Å²) in [6.45, 7) is -0.757. The van der Waals surface area contributed by atoms with Crippen LogP contribution in [-0.2, 0) is 10.0 Å². The fourth-order valence-corrected chi connectivity index (χ4v) is 3.21. The van der Waals surface area contributed by atoms with Gasteiger partial charge in [-0.1, -0.05) is 6.92 Å². The molecule has 0 aliphatic carbocycles. The SMILES string of the molecule is CCCN(CC(F)(F)F)S(=O)(=O)c1cc(N)c(F)cc1F. The summed E-state index contributed by atoms with van der Waals surface area (Å²) in [5.74, 6) is -2.69. The number of anilines is 1. The highest BCUT2D eigenvalue weighted by Crippen LogP contribution is 2.27. The zero-order valence-corrected chi connectivity index (χ0v) is 11.7. The van der Waals surface area contributed by atoms with Crippen LogP contribution in [0.2, 0.25) is 0 Å². The molecular weight excluding hydrogens is 319 g/mol. The van der Waals surface area contributed by atoms with Crippen LogP contribution in [0, 0.1) is 11.6 Å². The van der Waals surface area contributed by atoms with Crippen molar-refractivity contribution in [2.45, 2.75) is 24.4 Å². The quantitative estimate of drug-likeness (QED) is 0.666. The predicted octanol–water partition coefficient (Wildman–Crippen LogP) is 2.51. The van der Waals surface area contributed by atoms with Gasteiger partial charge < -0.3 is 5.73 Å². The normalized spacial score (nSPS) is 12.9. The summed E-state index contributed by atoms with van der Waals surface area (Å²) in [6.07, 6.45) is -4.70. The number of sulfonamides is 1. The molecule has 0 fully saturated rings. The standard InChI is InChI=1S/C11H13F5N2O2S/c1-2-3-18(6-11(14,15)16)21(19,20)10-5-9(17)7(12)4-8(10)13/h4-5H,2-3,6,17H2,1H3. The van der Waals surface area contributed by atoms with Crippen molar-refractivity contribution in [2.75, 3.05) is 18.8 Å². The number of nitrogens with two attached hydrogens (primary N) is 1. The molecule has 10 heteroatoms. The van der Waals surface area contributed by atoms with E-state index in [0.29, 0.717) is 6.07 Å². The van der Waals surface area contributed by atoms with E-state index in [9.17, 15) is 30.4 Å². The monoisotopic (exact) mass is 332 g/mol. The first kappa shape index (κ1) is 17.6. The smallest absolute Gasteiger partial charge is 0.396 e. The van der Waals surface area contributed by atoms with Crippen molar-refractivity contribution < 1.29 is 30.4 Å². The summed E-state index contributed by atoms with van der Waals surface area (Å²) >= 11 is 0. The lowest BCUT2D eigenvalue weighted by Crippen LogP contribution is -2.39. The van der Waals surface area contributed by atoms with E-state index in [1.807, 2.05) is 0 Å². The molecule has 0 saturated heterocycles. The van der Waals surface area contributed by atoms with E-state index in [1.54, 1.807) is 0 Å². The summed E-state index contributed by atoms with van der Waals surface area (Å²) in [5.41, 5.74) is 4.47. The molecule has 4 nitrogen and oxygen atoms in total. The Bertz CT molecular complexity index is 616. The van der Waals surface area contributed by atoms with Gasteiger partial charge in [0.1, 0.15) is 23.1 Å². The third-order valence-electron chi connectivity index (χ3n) is 2.50. The molecule has 0 bridgehead atoms. The van der Waals surface area contributed by atoms with Crippen molar-refractivity contribution in [3.05, 3.63) is 23.8 Å². The Labute approximate surface area is 118 Å². The molecule has 0 aliphatic heterocycles. The van der Waals surface area contributed by atoms with Gasteiger partial charge in [-0.3, -0.25) is 0 Å². The molecule has 1 aromatic carbocycles. The second-order valence-electron chi connectivity index (χ2n) is 4.26. The highest BCUT2D eigenvalue weighted by Gasteiger charge is 2.37. The Morgan fingerprint density at radius 1 is 1.19 bits per heavy atom. The number of hydrogen-bond donors (Lipinski definition) is 1. The van der Waals surface area contributed by atoms with Gasteiger partial charge in [-0.15, -0.1) is 0 Å². The zero-order valence-electron chi connectivity index (χ0n) is 10.9. The van der Waals surface area contributed by atoms with Crippen LogP contribution >= 0.6 is 0 Å². The lowest BCUT2D eigenvalue weighted by Gasteiger charge is -2.23. The molecule has 120 valence electrons. The van der Waals surface area contributed by atoms with E-state index >= 15 is 0 Å². The van der Waals surface area contributed by atoms with Gasteiger partial charge in [0.2, 0.25) is 10.0 Å². The average Bonchev–Trinajstić information content (AvgIpc) is 2.31. The lowest BCUT2D eigenvalue weighted by molar-refractivity contribution is -0.136. The summed E-state index contributed by atoms with van der Waals surface area (Å²) in [7, 11) is -4.77. The van der Waals surface area contributed by atoms with Crippen LogP contribution in [0.3, 0.4) is 0 Å². The van der Waals surface area contributed by atoms with Crippen molar-refractivity contribution in [3.8, 4) is 0 Å². The summed E-state index contributed by atoms with van der Waals surface area (Å²) in [6, 6.07) is 0.693. The number of hydrogen-bond acceptors (Lipinski definition) is 3. The van der Waals surface area contributed by atoms with Gasteiger partial charge in [-0.25, -0.2) is 17.2 Å². The molecule has 0 saturated carbocycles. The molecule has 0 unspecified atom stereocenters. The minimum atomic E-state index is -4.79. The molecule has 0 radical (unpaired) electrons. The van der Waals surface area contributed by atoms with E-state index in [0.717, 1.165) is 0 Å². The molecule has 0 aromatic heterocycles. The summed E-state index contributed by atoms with van der Waals surface area (Å²) < 4.78 is 88.2. The Morgan fingerprint density at radius 3 is 2.24 bits per heavy atom. The van der Waals surface area contributed by atoms with Crippen molar-refractivity contribution in [1.29, 1.82) is 0 Å². The fourth-order valence-electron chi connectivity index (χ4n) is 1.62. The average molecular weight is 332 g/mol. The highest BCUT2D eigenvalue weighted by atomic mass is 32.2. The van der Waals surface area contributed by atoms with Crippen molar-refractivity contribution in [3.63, 3.8) is 0 Å². The minimum Gasteiger partial charge on any atom is -0.396 e. The van der Waals surface area contributed by atoms with E-state index in [-0.39, 0.29) is 16.8 Å². The van der Waals surface area contributed by atoms with Crippen LogP contribution in [0.25, 0.3) is 0 Å². The zero-order chi connectivity index (χ0) is 16.4. The van der Waals surface area contributed by atoms with Gasteiger partial charge >= 0.3 is 6.18 Å². The minimum absolute atomic E-state index is 0.0861. The van der Waals surface area contributed by atoms with Crippen molar-refractivity contribution >= 4 is 15.7 Å². The number of nitrogens with zero attached hydrogens (tertiary/aromatic N) is 1. The van der Waals surface area contributed by atoms with E-state index in [2.05, 4.69) is 0 Å². The number of rotatable bonds is 5. The third kappa shape index (κ3) is 4.27. The maximum absolute atomic E-state index is 13.6. The first-order chi connectivity index (χ1) is 9.49. The second-order valence-corrected chi connectivity index (χ2v) is 6.16. The Kier molecular flexibility index (Phi) is 5.16. The van der Waals surface area contributed by atoms with Crippen LogP contribution in [0.15, 0.2) is 17.0 Å². The number of nitrogen functional groups attached to an aromatic ring is 1. The van der Waals surface area contributed by atoms with E-state index < -0.39 is 51.5 Å². The van der Waals surface area contributed by atoms with Crippen molar-refractivity contribution in [2.24, 2.45) is 0 Å². The maximum Gasteiger partial charge on any atom is 0.402 e. The van der Waals surface area contributed by atoms with Crippen LogP contribution in [-0.4, -0.2) is 32.0 Å². The molecule has 0 spiro atoms. The van der Waals surface area contributed by atoms with Crippen molar-refractivity contribution in [1.82, 2.24) is 4.31 Å². The third-order valence-corrected chi connectivity index (χ3v) is 4.36. The summed E-state index contributed by atoms with van der Waals surface area (Å²) in [4.78, 5) is -1.08. The first-order valence-corrected chi connectivity index (χ1v) is 7.24. The molecule has 0 atom stereocenters. The topological polar surface area (TPSA) is 63.4 Å². The van der Waals surface area contributed by atoms with E-state index in [4.69, 9.17) is 5.73 Å². The second kappa shape index (κ2) is 6.14. The predicted molar refractivity (Wildman–Crippen MR) is 65.9 cm³/mol. The molecule has 1 rings (SSSR count). The lowest BCUT2D eigenvalue weighted by atomic mass is 10.3. The van der Waals surface area contributed by atoms with Gasteiger partial charge in [-0.2, -0.15) is 17.5 Å². The van der Waals surface area contributed by atoms with E-state index in [1.165, 1.54) is 6.92 Å². The van der Waals surface area contributed by atoms with Crippen LogP contribution in [0.4, 0.5) is 27.6 Å². The largest absolute Gasteiger partial charge is 0.402 e. The van der Waals surface area contributed by atoms with Gasteiger partial charge in [-0.05, 0) is 12.5 Å². The van der Waals surface area contributed by atoms with Crippen LogP contribution in [0.5, 0.6) is 0 Å². The maximum atomic E-state index is 13.6. The molecule has 0 aliphatic rings. The van der Waals surface area contributed by atoms with Crippen LogP contribution in [0.1, 0.15) is 13.3 Å². The number of halogens is 5. The molecule has 1 aromatic rings. The molecular formula is C11H13F5N2O2S. The molecule has 2 N–H and O–H groups in total. The highest BCUT2D eigenvalue weighted by molar-refractivity contribution is 7.89. The Balaban J connectivity index is 3.32. The Hall–Kier alpha value is -1.42. The Morgan fingerprint density at radius 2 is 1.76 bits per heavy atom. The molecule has 0 amide bonds. The van der Waals surface area contributed by atoms with Gasteiger partial charge in [0.15, 0.2) is 0 Å². The van der Waals surface area contributed by atoms with Gasteiger partial charge in [0.25, 0.3) is 0 Å². The molecule has 21 heavy (non-hydrogen) atoms.